The molecule has 2 aromatic heterocycles. The molecule has 0 aliphatic heterocycles. The van der Waals surface area contributed by atoms with Crippen LogP contribution in [0.25, 0.3) is 16.6 Å². The van der Waals surface area contributed by atoms with Crippen molar-refractivity contribution in [2.45, 2.75) is 19.8 Å². The highest BCUT2D eigenvalue weighted by Crippen LogP contribution is 2.19. The summed E-state index contributed by atoms with van der Waals surface area (Å²) in [6.45, 7) is 2.52. The summed E-state index contributed by atoms with van der Waals surface area (Å²) in [5.41, 5.74) is -0.329. The van der Waals surface area contributed by atoms with Crippen molar-refractivity contribution in [2.24, 2.45) is 0 Å². The zero-order valence-corrected chi connectivity index (χ0v) is 15.1. The van der Waals surface area contributed by atoms with Crippen molar-refractivity contribution < 1.29 is 18.9 Å². The van der Waals surface area contributed by atoms with Gasteiger partial charge in [-0.25, -0.2) is 28.6 Å². The van der Waals surface area contributed by atoms with Crippen molar-refractivity contribution >= 4 is 29.0 Å². The number of hydrogen-bond donors (Lipinski definition) is 4. The van der Waals surface area contributed by atoms with Crippen molar-refractivity contribution in [3.05, 3.63) is 51.9 Å². The topological polar surface area (TPSA) is 120 Å². The number of pyridine rings is 1. The van der Waals surface area contributed by atoms with E-state index in [9.17, 15) is 18.4 Å². The number of rotatable bonds is 6. The van der Waals surface area contributed by atoms with Crippen molar-refractivity contribution in [1.29, 1.82) is 5.41 Å². The zero-order chi connectivity index (χ0) is 20.3. The molecule has 0 aliphatic carbocycles. The number of halogens is 2. The van der Waals surface area contributed by atoms with E-state index in [-0.39, 0.29) is 34.0 Å². The first-order valence-electron chi connectivity index (χ1n) is 8.68. The number of H-pyrrole nitrogens is 1. The number of fused-ring (bicyclic) bond motifs is 1. The number of carbonyl (C=O) groups excluding carboxylic acids is 1. The van der Waals surface area contributed by atoms with Crippen LogP contribution < -0.4 is 16.2 Å². The molecule has 10 heteroatoms. The van der Waals surface area contributed by atoms with Gasteiger partial charge in [-0.05, 0) is 18.6 Å². The maximum atomic E-state index is 14.1. The van der Waals surface area contributed by atoms with Crippen LogP contribution in [0.3, 0.4) is 0 Å². The lowest BCUT2D eigenvalue weighted by atomic mass is 10.2. The Kier molecular flexibility index (Phi) is 5.59. The van der Waals surface area contributed by atoms with Crippen LogP contribution in [-0.4, -0.2) is 33.6 Å². The molecule has 0 bridgehead atoms. The predicted octanol–water partition coefficient (Wildman–Crippen LogP) is 1.69. The summed E-state index contributed by atoms with van der Waals surface area (Å²) in [5.74, 6) is -1.48. The molecule has 3 rings (SSSR count). The summed E-state index contributed by atoms with van der Waals surface area (Å²) in [5, 5.41) is 14.5. The Hall–Kier alpha value is -3.40. The van der Waals surface area contributed by atoms with E-state index < -0.39 is 17.2 Å². The molecule has 3 aromatic rings. The molecular weight excluding hydrogens is 370 g/mol. The van der Waals surface area contributed by atoms with E-state index >= 15 is 0 Å². The van der Waals surface area contributed by atoms with Crippen LogP contribution in [0.2, 0.25) is 0 Å². The average Bonchev–Trinajstić information content (AvgIpc) is 2.98. The number of urea groups is 1. The van der Waals surface area contributed by atoms with Gasteiger partial charge in [0.1, 0.15) is 17.1 Å². The summed E-state index contributed by atoms with van der Waals surface area (Å²) < 4.78 is 28.2. The van der Waals surface area contributed by atoms with Crippen LogP contribution in [0.5, 0.6) is 0 Å². The number of amides is 2. The molecule has 0 aliphatic rings. The number of primary amides is 1. The van der Waals surface area contributed by atoms with Crippen LogP contribution in [0.1, 0.15) is 25.3 Å². The lowest BCUT2D eigenvalue weighted by Gasteiger charge is -2.04. The Bertz CT molecular complexity index is 1110. The Balaban J connectivity index is 2.03. The highest BCUT2D eigenvalue weighted by atomic mass is 19.1. The van der Waals surface area contributed by atoms with Gasteiger partial charge in [-0.2, -0.15) is 0 Å². The number of nitrogens with two attached hydrogens (primary N) is 1. The maximum Gasteiger partial charge on any atom is 0.419 e. The number of unbranched alkanes of at least 4 members (excludes halogenated alkanes) is 1. The molecule has 0 fully saturated rings. The Morgan fingerprint density at radius 2 is 2.21 bits per heavy atom. The van der Waals surface area contributed by atoms with E-state index in [0.29, 0.717) is 12.6 Å². The van der Waals surface area contributed by atoms with Gasteiger partial charge in [-0.15, -0.1) is 0 Å². The SMILES string of the molecule is CCCCNC(=O)[NH2+]c1ncc2c(=O)n(-c3ccc(F)cc3F)[nH]c2c1C=N. The molecule has 8 nitrogen and oxygen atoms in total. The largest absolute Gasteiger partial charge is 0.419 e. The first kappa shape index (κ1) is 19.4. The number of nitrogens with zero attached hydrogens (tertiary/aromatic N) is 2. The number of benzene rings is 1. The molecule has 1 aromatic carbocycles. The average molecular weight is 389 g/mol. The van der Waals surface area contributed by atoms with Gasteiger partial charge in [-0.3, -0.25) is 9.89 Å². The first-order chi connectivity index (χ1) is 13.5. The quantitative estimate of drug-likeness (QED) is 0.379. The lowest BCUT2D eigenvalue weighted by Crippen LogP contribution is -2.86. The smallest absolute Gasteiger partial charge is 0.308 e. The van der Waals surface area contributed by atoms with Gasteiger partial charge in [0, 0.05) is 25.0 Å². The van der Waals surface area contributed by atoms with Crippen LogP contribution >= 0.6 is 0 Å². The predicted molar refractivity (Wildman–Crippen MR) is 99.4 cm³/mol. The number of aromatic nitrogens is 3. The molecule has 2 amide bonds. The van der Waals surface area contributed by atoms with Gasteiger partial charge in [-0.1, -0.05) is 13.3 Å². The second kappa shape index (κ2) is 8.09. The third kappa shape index (κ3) is 3.67. The van der Waals surface area contributed by atoms with Crippen LogP contribution in [0, 0.1) is 17.0 Å². The number of hydrogen-bond acceptors (Lipinski definition) is 4. The second-order valence-corrected chi connectivity index (χ2v) is 6.13. The van der Waals surface area contributed by atoms with Crippen LogP contribution in [0.4, 0.5) is 19.4 Å². The van der Waals surface area contributed by atoms with Gasteiger partial charge in [0.05, 0.1) is 10.9 Å². The molecule has 0 saturated heterocycles. The monoisotopic (exact) mass is 389 g/mol. The van der Waals surface area contributed by atoms with Gasteiger partial charge in [0.25, 0.3) is 5.56 Å². The fraction of sp³-hybridized carbons (Fsp3) is 0.222. The van der Waals surface area contributed by atoms with Crippen molar-refractivity contribution in [2.75, 3.05) is 6.54 Å². The molecule has 0 radical (unpaired) electrons. The molecule has 5 N–H and O–H groups in total. The van der Waals surface area contributed by atoms with E-state index in [2.05, 4.69) is 15.4 Å². The number of carbonyl (C=O) groups is 1. The Morgan fingerprint density at radius 1 is 1.43 bits per heavy atom. The molecule has 146 valence electrons. The van der Waals surface area contributed by atoms with Gasteiger partial charge in [0.15, 0.2) is 5.82 Å². The highest BCUT2D eigenvalue weighted by molar-refractivity contribution is 5.99. The Labute approximate surface area is 158 Å². The molecule has 28 heavy (non-hydrogen) atoms. The molecule has 2 heterocycles. The number of quaternary nitrogens is 1. The summed E-state index contributed by atoms with van der Waals surface area (Å²) in [6.07, 6.45) is 3.99. The van der Waals surface area contributed by atoms with E-state index in [1.807, 2.05) is 6.92 Å². The third-order valence-corrected chi connectivity index (χ3v) is 4.20. The minimum Gasteiger partial charge on any atom is -0.308 e. The number of nitrogens with one attached hydrogen (secondary N) is 3. The second-order valence-electron chi connectivity index (χ2n) is 6.13. The van der Waals surface area contributed by atoms with Crippen molar-refractivity contribution in [1.82, 2.24) is 20.1 Å². The summed E-state index contributed by atoms with van der Waals surface area (Å²) in [4.78, 5) is 28.7. The van der Waals surface area contributed by atoms with E-state index in [4.69, 9.17) is 5.41 Å². The van der Waals surface area contributed by atoms with Crippen molar-refractivity contribution in [3.8, 4) is 5.69 Å². The van der Waals surface area contributed by atoms with Gasteiger partial charge in [0.2, 0.25) is 5.82 Å². The molecule has 0 spiro atoms. The molecule has 0 saturated carbocycles. The molecule has 0 unspecified atom stereocenters. The minimum atomic E-state index is -0.917. The molecular formula is C18H19F2N6O2+. The van der Waals surface area contributed by atoms with Gasteiger partial charge >= 0.3 is 6.03 Å². The molecule has 0 atom stereocenters. The zero-order valence-electron chi connectivity index (χ0n) is 15.1. The number of aromatic amines is 1. The van der Waals surface area contributed by atoms with Crippen LogP contribution in [-0.2, 0) is 0 Å². The van der Waals surface area contributed by atoms with Crippen LogP contribution in [0.15, 0.2) is 29.2 Å². The lowest BCUT2D eigenvalue weighted by molar-refractivity contribution is -0.469. The maximum absolute atomic E-state index is 14.1. The van der Waals surface area contributed by atoms with E-state index in [1.165, 1.54) is 11.5 Å². The third-order valence-electron chi connectivity index (χ3n) is 4.20. The summed E-state index contributed by atoms with van der Waals surface area (Å²) in [6, 6.07) is 2.47. The fourth-order valence-corrected chi connectivity index (χ4v) is 2.76. The highest BCUT2D eigenvalue weighted by Gasteiger charge is 2.20. The normalized spacial score (nSPS) is 11.0. The van der Waals surface area contributed by atoms with E-state index in [1.54, 1.807) is 0 Å². The Morgan fingerprint density at radius 3 is 2.89 bits per heavy atom. The summed E-state index contributed by atoms with van der Waals surface area (Å²) in [7, 11) is 0. The van der Waals surface area contributed by atoms with Gasteiger partial charge < -0.3 is 10.7 Å². The van der Waals surface area contributed by atoms with E-state index in [0.717, 1.165) is 35.9 Å². The minimum absolute atomic E-state index is 0.116. The van der Waals surface area contributed by atoms with Crippen molar-refractivity contribution in [3.63, 3.8) is 0 Å². The first-order valence-corrected chi connectivity index (χ1v) is 8.68. The standard InChI is InChI=1S/C18H18F2N6O2/c1-2-3-6-22-18(28)24-16-11(8-21)15-12(9-23-16)17(27)26(25-15)14-5-4-10(19)7-13(14)20/h4-5,7-9,21,25H,2-3,6H2,1H3,(H2,22,23,24,28)/p+1. The fourth-order valence-electron chi connectivity index (χ4n) is 2.76. The summed E-state index contributed by atoms with van der Waals surface area (Å²) >= 11 is 0.